The van der Waals surface area contributed by atoms with Gasteiger partial charge in [-0.1, -0.05) is 11.6 Å². The molecule has 4 heteroatoms. The number of amides is 1. The van der Waals surface area contributed by atoms with Crippen molar-refractivity contribution < 1.29 is 4.79 Å². The molecule has 0 aliphatic carbocycles. The molecule has 1 amide bonds. The summed E-state index contributed by atoms with van der Waals surface area (Å²) in [5.74, 6) is 0.0644. The number of benzene rings is 1. The van der Waals surface area contributed by atoms with Crippen LogP contribution >= 0.6 is 11.6 Å². The molecule has 0 saturated heterocycles. The summed E-state index contributed by atoms with van der Waals surface area (Å²) in [5, 5.41) is 3.57. The molecule has 0 radical (unpaired) electrons. The maximum atomic E-state index is 11.4. The Morgan fingerprint density at radius 3 is 3.07 bits per heavy atom. The van der Waals surface area contributed by atoms with Gasteiger partial charge in [0.25, 0.3) is 0 Å². The Bertz CT molecular complexity index is 392. The lowest BCUT2D eigenvalue weighted by Gasteiger charge is -2.22. The van der Waals surface area contributed by atoms with Gasteiger partial charge in [0.1, 0.15) is 0 Å². The minimum atomic E-state index is 0.0644. The first-order valence-electron chi connectivity index (χ1n) is 5.05. The molecule has 15 heavy (non-hydrogen) atoms. The minimum absolute atomic E-state index is 0.0644. The monoisotopic (exact) mass is 224 g/mol. The van der Waals surface area contributed by atoms with E-state index in [4.69, 9.17) is 11.6 Å². The van der Waals surface area contributed by atoms with Crippen LogP contribution in [0.5, 0.6) is 0 Å². The number of carbonyl (C=O) groups is 1. The van der Waals surface area contributed by atoms with Gasteiger partial charge in [0, 0.05) is 24.5 Å². The van der Waals surface area contributed by atoms with Crippen molar-refractivity contribution in [3.8, 4) is 0 Å². The van der Waals surface area contributed by atoms with E-state index in [2.05, 4.69) is 17.1 Å². The molecule has 1 aliphatic rings. The van der Waals surface area contributed by atoms with E-state index in [0.717, 1.165) is 24.5 Å². The average Bonchev–Trinajstić information content (AvgIpc) is 2.37. The fourth-order valence-electron chi connectivity index (χ4n) is 1.77. The van der Waals surface area contributed by atoms with Crippen molar-refractivity contribution in [3.05, 3.63) is 23.2 Å². The van der Waals surface area contributed by atoms with E-state index >= 15 is 0 Å². The normalized spacial score (nSPS) is 15.6. The predicted octanol–water partition coefficient (Wildman–Crippen LogP) is 2.51. The van der Waals surface area contributed by atoms with Crippen LogP contribution in [0.25, 0.3) is 0 Å². The van der Waals surface area contributed by atoms with Gasteiger partial charge in [0.2, 0.25) is 5.91 Å². The summed E-state index contributed by atoms with van der Waals surface area (Å²) in [7, 11) is 0. The quantitative estimate of drug-likeness (QED) is 0.795. The van der Waals surface area contributed by atoms with Crippen LogP contribution in [0.2, 0.25) is 5.02 Å². The molecule has 0 fully saturated rings. The van der Waals surface area contributed by atoms with Crippen molar-refractivity contribution in [2.45, 2.75) is 13.3 Å². The molecule has 0 saturated carbocycles. The van der Waals surface area contributed by atoms with Crippen LogP contribution in [-0.4, -0.2) is 19.0 Å². The third kappa shape index (κ3) is 2.07. The fraction of sp³-hybridized carbons (Fsp3) is 0.364. The van der Waals surface area contributed by atoms with Gasteiger partial charge in [-0.05, 0) is 25.1 Å². The van der Waals surface area contributed by atoms with Crippen molar-refractivity contribution in [1.82, 2.24) is 0 Å². The maximum Gasteiger partial charge on any atom is 0.226 e. The van der Waals surface area contributed by atoms with E-state index in [-0.39, 0.29) is 5.91 Å². The Kier molecular flexibility index (Phi) is 2.82. The van der Waals surface area contributed by atoms with Gasteiger partial charge < -0.3 is 10.2 Å². The van der Waals surface area contributed by atoms with Crippen LogP contribution in [0.4, 0.5) is 11.4 Å². The lowest BCUT2D eigenvalue weighted by Crippen LogP contribution is -2.23. The molecular formula is C11H13ClN2O. The fourth-order valence-corrected chi connectivity index (χ4v) is 1.94. The van der Waals surface area contributed by atoms with Crippen LogP contribution in [0.15, 0.2) is 18.2 Å². The lowest BCUT2D eigenvalue weighted by molar-refractivity contribution is -0.115. The van der Waals surface area contributed by atoms with Gasteiger partial charge in [-0.15, -0.1) is 0 Å². The third-order valence-electron chi connectivity index (χ3n) is 2.57. The second-order valence-corrected chi connectivity index (χ2v) is 3.98. The molecule has 0 atom stereocenters. The molecule has 0 bridgehead atoms. The van der Waals surface area contributed by atoms with Gasteiger partial charge in [-0.25, -0.2) is 0 Å². The summed E-state index contributed by atoms with van der Waals surface area (Å²) in [4.78, 5) is 13.6. The average molecular weight is 225 g/mol. The zero-order valence-corrected chi connectivity index (χ0v) is 9.34. The Hall–Kier alpha value is -1.22. The maximum absolute atomic E-state index is 11.4. The van der Waals surface area contributed by atoms with E-state index < -0.39 is 0 Å². The summed E-state index contributed by atoms with van der Waals surface area (Å²) in [6.07, 6.45) is 0.528. The van der Waals surface area contributed by atoms with Crippen LogP contribution in [0, 0.1) is 0 Å². The third-order valence-corrected chi connectivity index (χ3v) is 2.80. The molecule has 3 nitrogen and oxygen atoms in total. The number of halogens is 1. The largest absolute Gasteiger partial charge is 0.370 e. The number of carbonyl (C=O) groups excluding carboxylic acids is 1. The molecule has 1 aromatic carbocycles. The Morgan fingerprint density at radius 1 is 1.53 bits per heavy atom. The molecule has 1 aliphatic heterocycles. The Morgan fingerprint density at radius 2 is 2.33 bits per heavy atom. The van der Waals surface area contributed by atoms with Crippen molar-refractivity contribution in [2.75, 3.05) is 23.3 Å². The van der Waals surface area contributed by atoms with E-state index in [1.165, 1.54) is 0 Å². The molecule has 80 valence electrons. The SMILES string of the molecule is CCN1CCC(=O)Nc2ccc(Cl)cc21. The first-order valence-corrected chi connectivity index (χ1v) is 5.43. The van der Waals surface area contributed by atoms with Gasteiger partial charge in [0.15, 0.2) is 0 Å². The lowest BCUT2D eigenvalue weighted by atomic mass is 10.2. The number of rotatable bonds is 1. The number of nitrogens with one attached hydrogen (secondary N) is 1. The first kappa shape index (κ1) is 10.3. The molecule has 1 heterocycles. The summed E-state index contributed by atoms with van der Waals surface area (Å²) in [6, 6.07) is 5.54. The Labute approximate surface area is 94.0 Å². The summed E-state index contributed by atoms with van der Waals surface area (Å²) >= 11 is 5.95. The number of nitrogens with zero attached hydrogens (tertiary/aromatic N) is 1. The van der Waals surface area contributed by atoms with Crippen LogP contribution in [-0.2, 0) is 4.79 Å². The zero-order valence-electron chi connectivity index (χ0n) is 8.59. The topological polar surface area (TPSA) is 32.3 Å². The molecular weight excluding hydrogens is 212 g/mol. The first-order chi connectivity index (χ1) is 7.20. The van der Waals surface area contributed by atoms with Crippen LogP contribution in [0.3, 0.4) is 0 Å². The smallest absolute Gasteiger partial charge is 0.226 e. The number of hydrogen-bond donors (Lipinski definition) is 1. The van der Waals surface area contributed by atoms with E-state index in [9.17, 15) is 4.79 Å². The van der Waals surface area contributed by atoms with Crippen LogP contribution < -0.4 is 10.2 Å². The highest BCUT2D eigenvalue weighted by atomic mass is 35.5. The van der Waals surface area contributed by atoms with Crippen molar-refractivity contribution in [3.63, 3.8) is 0 Å². The number of fused-ring (bicyclic) bond motifs is 1. The van der Waals surface area contributed by atoms with E-state index in [0.29, 0.717) is 11.4 Å². The zero-order chi connectivity index (χ0) is 10.8. The molecule has 1 aromatic rings. The highest BCUT2D eigenvalue weighted by molar-refractivity contribution is 6.31. The van der Waals surface area contributed by atoms with Gasteiger partial charge >= 0.3 is 0 Å². The van der Waals surface area contributed by atoms with Crippen molar-refractivity contribution >= 4 is 28.9 Å². The number of anilines is 2. The highest BCUT2D eigenvalue weighted by Crippen LogP contribution is 2.31. The van der Waals surface area contributed by atoms with E-state index in [1.807, 2.05) is 12.1 Å². The van der Waals surface area contributed by atoms with Gasteiger partial charge in [-0.2, -0.15) is 0 Å². The summed E-state index contributed by atoms with van der Waals surface area (Å²) < 4.78 is 0. The van der Waals surface area contributed by atoms with Crippen molar-refractivity contribution in [1.29, 1.82) is 0 Å². The van der Waals surface area contributed by atoms with Crippen LogP contribution in [0.1, 0.15) is 13.3 Å². The van der Waals surface area contributed by atoms with E-state index in [1.54, 1.807) is 6.07 Å². The highest BCUT2D eigenvalue weighted by Gasteiger charge is 2.17. The summed E-state index contributed by atoms with van der Waals surface area (Å²) in [5.41, 5.74) is 1.86. The Balaban J connectivity index is 2.45. The molecule has 0 unspecified atom stereocenters. The second kappa shape index (κ2) is 4.11. The summed E-state index contributed by atoms with van der Waals surface area (Å²) in [6.45, 7) is 3.69. The second-order valence-electron chi connectivity index (χ2n) is 3.54. The van der Waals surface area contributed by atoms with Gasteiger partial charge in [-0.3, -0.25) is 4.79 Å². The minimum Gasteiger partial charge on any atom is -0.370 e. The number of hydrogen-bond acceptors (Lipinski definition) is 2. The van der Waals surface area contributed by atoms with Gasteiger partial charge in [0.05, 0.1) is 11.4 Å². The predicted molar refractivity (Wildman–Crippen MR) is 62.6 cm³/mol. The van der Waals surface area contributed by atoms with Crippen molar-refractivity contribution in [2.24, 2.45) is 0 Å². The standard InChI is InChI=1S/C11H13ClN2O/c1-2-14-6-5-11(15)13-9-4-3-8(12)7-10(9)14/h3-4,7H,2,5-6H2,1H3,(H,13,15). The molecule has 2 rings (SSSR count). The molecule has 0 spiro atoms. The molecule has 1 N–H and O–H groups in total. The molecule has 0 aromatic heterocycles.